The summed E-state index contributed by atoms with van der Waals surface area (Å²) in [7, 11) is 0. The minimum absolute atomic E-state index is 0.188. The quantitative estimate of drug-likeness (QED) is 0.842. The van der Waals surface area contributed by atoms with Crippen LogP contribution in [0, 0.1) is 5.82 Å². The van der Waals surface area contributed by atoms with Gasteiger partial charge in [-0.05, 0) is 73.4 Å². The molecule has 0 bridgehead atoms. The number of Topliss-reactive ketones (excluding diaryl/α,β-unsaturated/α-hetero) is 1. The number of likely N-dealkylation sites (tertiary alicyclic amines) is 1. The molecule has 1 aliphatic heterocycles. The third-order valence-corrected chi connectivity index (χ3v) is 4.54. The maximum atomic E-state index is 13.2. The molecule has 0 radical (unpaired) electrons. The van der Waals surface area contributed by atoms with E-state index in [1.54, 1.807) is 12.1 Å². The lowest BCUT2D eigenvalue weighted by molar-refractivity contribution is -0.128. The van der Waals surface area contributed by atoms with E-state index in [9.17, 15) is 9.18 Å². The van der Waals surface area contributed by atoms with Crippen molar-refractivity contribution in [1.82, 2.24) is 4.90 Å². The Hall–Kier alpha value is -0.740. The Labute approximate surface area is 122 Å². The van der Waals surface area contributed by atoms with Gasteiger partial charge in [0, 0.05) is 6.42 Å². The van der Waals surface area contributed by atoms with Gasteiger partial charge in [0.1, 0.15) is 5.82 Å². The number of carbonyl (C=O) groups excluding carboxylic acids is 1. The molecule has 1 fully saturated rings. The van der Waals surface area contributed by atoms with Gasteiger partial charge in [0.05, 0.1) is 10.0 Å². The predicted octanol–water partition coefficient (Wildman–Crippen LogP) is 3.57. The van der Waals surface area contributed by atoms with Crippen molar-refractivity contribution >= 4 is 21.7 Å². The maximum absolute atomic E-state index is 13.2. The van der Waals surface area contributed by atoms with Gasteiger partial charge >= 0.3 is 0 Å². The van der Waals surface area contributed by atoms with Gasteiger partial charge in [-0.15, -0.1) is 0 Å². The highest BCUT2D eigenvalue weighted by molar-refractivity contribution is 9.10. The molecule has 0 N–H and O–H groups in total. The molecule has 0 aromatic heterocycles. The summed E-state index contributed by atoms with van der Waals surface area (Å²) in [5, 5.41) is 0. The number of rotatable bonds is 4. The van der Waals surface area contributed by atoms with Crippen LogP contribution in [0.25, 0.3) is 0 Å². The monoisotopic (exact) mass is 327 g/mol. The van der Waals surface area contributed by atoms with Gasteiger partial charge < -0.3 is 0 Å². The van der Waals surface area contributed by atoms with Crippen molar-refractivity contribution < 1.29 is 9.18 Å². The van der Waals surface area contributed by atoms with Crippen molar-refractivity contribution in [2.45, 2.75) is 38.6 Å². The first-order valence-corrected chi connectivity index (χ1v) is 7.43. The van der Waals surface area contributed by atoms with Crippen LogP contribution in [0.15, 0.2) is 22.7 Å². The summed E-state index contributed by atoms with van der Waals surface area (Å²) in [5.41, 5.74) is 0.419. The normalized spacial score (nSPS) is 16.8. The van der Waals surface area contributed by atoms with E-state index in [-0.39, 0.29) is 11.6 Å². The van der Waals surface area contributed by atoms with Crippen molar-refractivity contribution in [2.24, 2.45) is 0 Å². The van der Waals surface area contributed by atoms with Crippen LogP contribution in [0.3, 0.4) is 0 Å². The number of ketones is 1. The van der Waals surface area contributed by atoms with Gasteiger partial charge in [-0.2, -0.15) is 0 Å². The van der Waals surface area contributed by atoms with Crippen LogP contribution < -0.4 is 0 Å². The van der Waals surface area contributed by atoms with Gasteiger partial charge in [-0.1, -0.05) is 6.07 Å². The summed E-state index contributed by atoms with van der Waals surface area (Å²) < 4.78 is 13.6. The van der Waals surface area contributed by atoms with E-state index in [0.717, 1.165) is 18.7 Å². The van der Waals surface area contributed by atoms with Gasteiger partial charge in [0.2, 0.25) is 0 Å². The maximum Gasteiger partial charge on any atom is 0.156 e. The molecular formula is C15H19BrFNO. The van der Waals surface area contributed by atoms with Crippen LogP contribution in [0.2, 0.25) is 0 Å². The molecule has 1 aromatic rings. The smallest absolute Gasteiger partial charge is 0.156 e. The average molecular weight is 328 g/mol. The second-order valence-electron chi connectivity index (χ2n) is 5.60. The van der Waals surface area contributed by atoms with E-state index in [4.69, 9.17) is 0 Å². The van der Waals surface area contributed by atoms with Crippen molar-refractivity contribution in [2.75, 3.05) is 13.1 Å². The minimum Gasteiger partial charge on any atom is -0.297 e. The second-order valence-corrected chi connectivity index (χ2v) is 6.46. The van der Waals surface area contributed by atoms with Crippen molar-refractivity contribution in [3.8, 4) is 0 Å². The summed E-state index contributed by atoms with van der Waals surface area (Å²) in [6, 6.07) is 4.76. The fraction of sp³-hybridized carbons (Fsp3) is 0.533. The number of hydrogen-bond donors (Lipinski definition) is 0. The molecule has 1 aliphatic rings. The first-order chi connectivity index (χ1) is 8.91. The molecule has 2 rings (SSSR count). The zero-order chi connectivity index (χ0) is 14.0. The van der Waals surface area contributed by atoms with Gasteiger partial charge in [0.25, 0.3) is 0 Å². The van der Waals surface area contributed by atoms with Crippen molar-refractivity contribution in [3.05, 3.63) is 34.1 Å². The Kier molecular flexibility index (Phi) is 4.41. The lowest BCUT2D eigenvalue weighted by atomic mass is 9.92. The number of carbonyl (C=O) groups is 1. The first kappa shape index (κ1) is 14.7. The van der Waals surface area contributed by atoms with Gasteiger partial charge in [0.15, 0.2) is 5.78 Å². The number of halogens is 2. The molecule has 0 aliphatic carbocycles. The Balaban J connectivity index is 2.09. The molecule has 0 spiro atoms. The van der Waals surface area contributed by atoms with Crippen LogP contribution >= 0.6 is 15.9 Å². The second kappa shape index (κ2) is 5.71. The third-order valence-electron chi connectivity index (χ3n) is 3.93. The van der Waals surface area contributed by atoms with Crippen LogP contribution in [0.1, 0.15) is 32.3 Å². The number of nitrogens with zero attached hydrogens (tertiary/aromatic N) is 1. The van der Waals surface area contributed by atoms with Crippen LogP contribution in [0.4, 0.5) is 4.39 Å². The van der Waals surface area contributed by atoms with E-state index in [2.05, 4.69) is 20.8 Å². The first-order valence-electron chi connectivity index (χ1n) is 6.63. The summed E-state index contributed by atoms with van der Waals surface area (Å²) in [5.74, 6) is -0.108. The van der Waals surface area contributed by atoms with E-state index in [1.165, 1.54) is 18.9 Å². The molecule has 19 heavy (non-hydrogen) atoms. The topological polar surface area (TPSA) is 20.3 Å². The van der Waals surface area contributed by atoms with Crippen molar-refractivity contribution in [3.63, 3.8) is 0 Å². The molecule has 104 valence electrons. The van der Waals surface area contributed by atoms with Crippen LogP contribution in [0.5, 0.6) is 0 Å². The Morgan fingerprint density at radius 2 is 2.00 bits per heavy atom. The predicted molar refractivity (Wildman–Crippen MR) is 77.7 cm³/mol. The largest absolute Gasteiger partial charge is 0.297 e. The highest BCUT2D eigenvalue weighted by atomic mass is 79.9. The van der Waals surface area contributed by atoms with Crippen LogP contribution in [-0.4, -0.2) is 29.3 Å². The summed E-state index contributed by atoms with van der Waals surface area (Å²) in [4.78, 5) is 14.7. The highest BCUT2D eigenvalue weighted by Crippen LogP contribution is 2.24. The van der Waals surface area contributed by atoms with E-state index < -0.39 is 5.54 Å². The Morgan fingerprint density at radius 3 is 2.58 bits per heavy atom. The minimum atomic E-state index is -0.433. The highest BCUT2D eigenvalue weighted by Gasteiger charge is 2.35. The van der Waals surface area contributed by atoms with E-state index in [1.807, 2.05) is 13.8 Å². The molecule has 0 atom stereocenters. The summed E-state index contributed by atoms with van der Waals surface area (Å²) >= 11 is 3.16. The van der Waals surface area contributed by atoms with Crippen molar-refractivity contribution in [1.29, 1.82) is 0 Å². The van der Waals surface area contributed by atoms with E-state index in [0.29, 0.717) is 10.9 Å². The molecule has 0 amide bonds. The lowest BCUT2D eigenvalue weighted by Crippen LogP contribution is -2.49. The molecule has 2 nitrogen and oxygen atoms in total. The molecular weight excluding hydrogens is 309 g/mol. The fourth-order valence-corrected chi connectivity index (χ4v) is 2.93. The number of benzene rings is 1. The number of hydrogen-bond acceptors (Lipinski definition) is 2. The Morgan fingerprint density at radius 1 is 1.37 bits per heavy atom. The third kappa shape index (κ3) is 3.23. The Bertz CT molecular complexity index is 481. The molecule has 1 saturated heterocycles. The average Bonchev–Trinajstić information content (AvgIpc) is 2.88. The summed E-state index contributed by atoms with van der Waals surface area (Å²) in [6.07, 6.45) is 2.68. The zero-order valence-corrected chi connectivity index (χ0v) is 13.0. The standard InChI is InChI=1S/C15H19BrFNO/c1-15(2,18-7-3-4-8-18)14(19)10-11-5-6-13(17)12(16)9-11/h5-6,9H,3-4,7-8,10H2,1-2H3. The summed E-state index contributed by atoms with van der Waals surface area (Å²) in [6.45, 7) is 5.95. The zero-order valence-electron chi connectivity index (χ0n) is 11.4. The fourth-order valence-electron chi connectivity index (χ4n) is 2.50. The van der Waals surface area contributed by atoms with Gasteiger partial charge in [-0.25, -0.2) is 4.39 Å². The van der Waals surface area contributed by atoms with E-state index >= 15 is 0 Å². The molecule has 1 heterocycles. The molecule has 0 saturated carbocycles. The molecule has 4 heteroatoms. The van der Waals surface area contributed by atoms with Gasteiger partial charge in [-0.3, -0.25) is 9.69 Å². The molecule has 0 unspecified atom stereocenters. The lowest BCUT2D eigenvalue weighted by Gasteiger charge is -2.34. The SMILES string of the molecule is CC(C)(C(=O)Cc1ccc(F)c(Br)c1)N1CCCC1. The van der Waals surface area contributed by atoms with Crippen LogP contribution in [-0.2, 0) is 11.2 Å². The molecule has 1 aromatic carbocycles.